The average molecular weight is 405 g/mol. The number of rotatable bonds is 5. The lowest BCUT2D eigenvalue weighted by atomic mass is 10.3. The maximum absolute atomic E-state index is 13.0. The summed E-state index contributed by atoms with van der Waals surface area (Å²) in [7, 11) is 1.72. The van der Waals surface area contributed by atoms with E-state index >= 15 is 0 Å². The summed E-state index contributed by atoms with van der Waals surface area (Å²) < 4.78 is 19.5. The predicted octanol–water partition coefficient (Wildman–Crippen LogP) is 3.64. The molecule has 0 unspecified atom stereocenters. The lowest BCUT2D eigenvalue weighted by Crippen LogP contribution is -2.30. The van der Waals surface area contributed by atoms with Crippen LogP contribution < -0.4 is 4.74 Å². The summed E-state index contributed by atoms with van der Waals surface area (Å²) >= 11 is 3.72. The molecule has 1 amide bonds. The van der Waals surface area contributed by atoms with Crippen molar-refractivity contribution >= 4 is 39.8 Å². The van der Waals surface area contributed by atoms with Crippen molar-refractivity contribution in [1.82, 2.24) is 4.90 Å². The van der Waals surface area contributed by atoms with Gasteiger partial charge in [-0.3, -0.25) is 4.79 Å². The Morgan fingerprint density at radius 2 is 2.25 bits per heavy atom. The van der Waals surface area contributed by atoms with Gasteiger partial charge in [0.25, 0.3) is 5.91 Å². The van der Waals surface area contributed by atoms with Crippen LogP contribution in [0.3, 0.4) is 0 Å². The lowest BCUT2D eigenvalue weighted by molar-refractivity contribution is 0.0774. The minimum absolute atomic E-state index is 0.0352. The predicted molar refractivity (Wildman–Crippen MR) is 85.9 cm³/mol. The molecule has 0 aliphatic carbocycles. The minimum atomic E-state index is -0.334. The summed E-state index contributed by atoms with van der Waals surface area (Å²) in [5.41, 5.74) is 0.688. The molecule has 0 fully saturated rings. The first-order valence-electron chi connectivity index (χ1n) is 5.94. The molecule has 2 aromatic rings. The number of hydrogen-bond acceptors (Lipinski definition) is 3. The van der Waals surface area contributed by atoms with Crippen molar-refractivity contribution in [2.75, 3.05) is 20.2 Å². The molecule has 1 aromatic carbocycles. The molecule has 106 valence electrons. The zero-order valence-corrected chi connectivity index (χ0v) is 13.8. The number of carbonyl (C=O) groups is 1. The fraction of sp³-hybridized carbons (Fsp3) is 0.214. The van der Waals surface area contributed by atoms with E-state index < -0.39 is 0 Å². The summed E-state index contributed by atoms with van der Waals surface area (Å²) in [5.74, 6) is 0.0997. The third-order valence-corrected chi connectivity index (χ3v) is 4.44. The van der Waals surface area contributed by atoms with Gasteiger partial charge in [0.1, 0.15) is 18.2 Å². The first-order valence-corrected chi connectivity index (χ1v) is 7.90. The summed E-state index contributed by atoms with van der Waals surface area (Å²) in [6.45, 7) is 0.773. The Hall–Kier alpha value is -1.15. The maximum Gasteiger partial charge on any atom is 0.254 e. The highest BCUT2D eigenvalue weighted by molar-refractivity contribution is 14.1. The van der Waals surface area contributed by atoms with Gasteiger partial charge >= 0.3 is 0 Å². The summed E-state index contributed by atoms with van der Waals surface area (Å²) in [6, 6.07) is 7.82. The number of halogens is 2. The molecule has 0 atom stereocenters. The number of nitrogens with zero attached hydrogens (tertiary/aromatic N) is 1. The van der Waals surface area contributed by atoms with E-state index in [0.29, 0.717) is 24.5 Å². The van der Waals surface area contributed by atoms with Crippen molar-refractivity contribution in [1.29, 1.82) is 0 Å². The van der Waals surface area contributed by atoms with Gasteiger partial charge in [-0.2, -0.15) is 0 Å². The first kappa shape index (κ1) is 15.2. The van der Waals surface area contributed by atoms with Gasteiger partial charge in [0.15, 0.2) is 0 Å². The van der Waals surface area contributed by atoms with Crippen LogP contribution in [0.25, 0.3) is 0 Å². The summed E-state index contributed by atoms with van der Waals surface area (Å²) in [6.07, 6.45) is 0. The molecule has 6 heteroatoms. The van der Waals surface area contributed by atoms with Crippen LogP contribution >= 0.6 is 33.9 Å². The Balaban J connectivity index is 1.83. The fourth-order valence-corrected chi connectivity index (χ4v) is 2.92. The molecular formula is C14H13FINO2S. The van der Waals surface area contributed by atoms with Crippen LogP contribution in [0.15, 0.2) is 35.7 Å². The SMILES string of the molecule is CN(CCOc1cccc(F)c1)C(=O)c1csc(I)c1. The topological polar surface area (TPSA) is 29.5 Å². The zero-order valence-electron chi connectivity index (χ0n) is 10.8. The monoisotopic (exact) mass is 405 g/mol. The molecule has 0 saturated carbocycles. The number of amides is 1. The van der Waals surface area contributed by atoms with Crippen LogP contribution in [0.4, 0.5) is 4.39 Å². The second-order valence-corrected chi connectivity index (χ2v) is 6.98. The molecule has 2 rings (SSSR count). The number of likely N-dealkylation sites (N-methyl/N-ethyl adjacent to an activating group) is 1. The molecule has 0 spiro atoms. The van der Waals surface area contributed by atoms with Crippen molar-refractivity contribution in [2.45, 2.75) is 0 Å². The highest BCUT2D eigenvalue weighted by atomic mass is 127. The molecule has 0 bridgehead atoms. The number of thiophene rings is 1. The molecular weight excluding hydrogens is 392 g/mol. The van der Waals surface area contributed by atoms with Gasteiger partial charge in [-0.1, -0.05) is 6.07 Å². The standard InChI is InChI=1S/C14H13FINO2S/c1-17(14(18)10-7-13(16)20-9-10)5-6-19-12-4-2-3-11(15)8-12/h2-4,7-9H,5-6H2,1H3. The van der Waals surface area contributed by atoms with Crippen molar-refractivity contribution in [3.63, 3.8) is 0 Å². The van der Waals surface area contributed by atoms with Crippen LogP contribution in [0.2, 0.25) is 0 Å². The van der Waals surface area contributed by atoms with Crippen LogP contribution in [0.5, 0.6) is 5.75 Å². The van der Waals surface area contributed by atoms with Gasteiger partial charge < -0.3 is 9.64 Å². The van der Waals surface area contributed by atoms with Crippen LogP contribution in [-0.2, 0) is 0 Å². The number of ether oxygens (including phenoxy) is 1. The van der Waals surface area contributed by atoms with Gasteiger partial charge in [-0.15, -0.1) is 11.3 Å². The first-order chi connectivity index (χ1) is 9.56. The molecule has 1 aromatic heterocycles. The maximum atomic E-state index is 13.0. The molecule has 0 aliphatic rings. The number of benzene rings is 1. The number of carbonyl (C=O) groups excluding carboxylic acids is 1. The van der Waals surface area contributed by atoms with Crippen LogP contribution in [0, 0.1) is 8.70 Å². The smallest absolute Gasteiger partial charge is 0.254 e. The van der Waals surface area contributed by atoms with E-state index in [9.17, 15) is 9.18 Å². The highest BCUT2D eigenvalue weighted by Crippen LogP contribution is 2.18. The van der Waals surface area contributed by atoms with E-state index in [1.165, 1.54) is 23.5 Å². The average Bonchev–Trinajstić information content (AvgIpc) is 2.84. The normalized spacial score (nSPS) is 10.3. The van der Waals surface area contributed by atoms with E-state index in [4.69, 9.17) is 4.74 Å². The van der Waals surface area contributed by atoms with Crippen LogP contribution in [-0.4, -0.2) is 31.0 Å². The molecule has 3 nitrogen and oxygen atoms in total. The van der Waals surface area contributed by atoms with Gasteiger partial charge in [0, 0.05) is 18.5 Å². The van der Waals surface area contributed by atoms with E-state index in [2.05, 4.69) is 22.6 Å². The van der Waals surface area contributed by atoms with Crippen molar-refractivity contribution in [3.8, 4) is 5.75 Å². The van der Waals surface area contributed by atoms with Crippen molar-refractivity contribution in [2.24, 2.45) is 0 Å². The van der Waals surface area contributed by atoms with Gasteiger partial charge in [0.2, 0.25) is 0 Å². The summed E-state index contributed by atoms with van der Waals surface area (Å²) in [5, 5.41) is 1.84. The van der Waals surface area contributed by atoms with E-state index in [1.807, 2.05) is 11.4 Å². The minimum Gasteiger partial charge on any atom is -0.492 e. The molecule has 0 N–H and O–H groups in total. The Bertz CT molecular complexity index is 602. The third-order valence-electron chi connectivity index (χ3n) is 2.65. The van der Waals surface area contributed by atoms with E-state index in [1.54, 1.807) is 24.1 Å². The summed E-state index contributed by atoms with van der Waals surface area (Å²) in [4.78, 5) is 13.7. The second kappa shape index (κ2) is 7.03. The van der Waals surface area contributed by atoms with Crippen molar-refractivity contribution < 1.29 is 13.9 Å². The zero-order chi connectivity index (χ0) is 14.5. The van der Waals surface area contributed by atoms with Crippen LogP contribution in [0.1, 0.15) is 10.4 Å². The van der Waals surface area contributed by atoms with Crippen molar-refractivity contribution in [3.05, 3.63) is 50.0 Å². The quantitative estimate of drug-likeness (QED) is 0.711. The molecule has 0 radical (unpaired) electrons. The van der Waals surface area contributed by atoms with Gasteiger partial charge in [0.05, 0.1) is 15.0 Å². The largest absolute Gasteiger partial charge is 0.492 e. The molecule has 20 heavy (non-hydrogen) atoms. The Morgan fingerprint density at radius 1 is 1.45 bits per heavy atom. The Kier molecular flexibility index (Phi) is 5.36. The van der Waals surface area contributed by atoms with Gasteiger partial charge in [-0.05, 0) is 40.8 Å². The lowest BCUT2D eigenvalue weighted by Gasteiger charge is -2.16. The Morgan fingerprint density at radius 3 is 2.90 bits per heavy atom. The Labute approximate surface area is 134 Å². The van der Waals surface area contributed by atoms with E-state index in [-0.39, 0.29) is 11.7 Å². The van der Waals surface area contributed by atoms with E-state index in [0.717, 1.165) is 2.88 Å². The second-order valence-electron chi connectivity index (χ2n) is 4.17. The molecule has 1 heterocycles. The molecule has 0 saturated heterocycles. The fourth-order valence-electron chi connectivity index (χ4n) is 1.60. The third kappa shape index (κ3) is 4.17. The highest BCUT2D eigenvalue weighted by Gasteiger charge is 2.13. The molecule has 0 aliphatic heterocycles. The van der Waals surface area contributed by atoms with Gasteiger partial charge in [-0.25, -0.2) is 4.39 Å². The number of hydrogen-bond donors (Lipinski definition) is 0.